The Morgan fingerprint density at radius 2 is 2.00 bits per heavy atom. The van der Waals surface area contributed by atoms with Gasteiger partial charge in [0.05, 0.1) is 12.2 Å². The van der Waals surface area contributed by atoms with E-state index in [2.05, 4.69) is 0 Å². The van der Waals surface area contributed by atoms with Crippen LogP contribution in [0.2, 0.25) is 0 Å². The van der Waals surface area contributed by atoms with Gasteiger partial charge in [0.15, 0.2) is 5.60 Å². The molecule has 0 aromatic carbocycles. The molecule has 3 N–H and O–H groups in total. The predicted octanol–water partition coefficient (Wildman–Crippen LogP) is 0.735. The highest BCUT2D eigenvalue weighted by Crippen LogP contribution is 2.62. The summed E-state index contributed by atoms with van der Waals surface area (Å²) in [4.78, 5) is 25.7. The second-order valence-corrected chi connectivity index (χ2v) is 9.48. The van der Waals surface area contributed by atoms with Crippen LogP contribution in [0.1, 0.15) is 47.5 Å². The number of esters is 1. The van der Waals surface area contributed by atoms with Crippen molar-refractivity contribution < 1.29 is 39.1 Å². The van der Waals surface area contributed by atoms with Gasteiger partial charge in [-0.1, -0.05) is 0 Å². The predicted molar refractivity (Wildman–Crippen MR) is 99.2 cm³/mol. The van der Waals surface area contributed by atoms with E-state index in [9.17, 15) is 24.9 Å². The van der Waals surface area contributed by atoms with Gasteiger partial charge in [0, 0.05) is 24.8 Å². The zero-order valence-electron chi connectivity index (χ0n) is 17.3. The number of aliphatic hydroxyl groups is 3. The highest BCUT2D eigenvalue weighted by Gasteiger charge is 2.78. The molecule has 0 aliphatic carbocycles. The SMILES string of the molecule is C/C1=C/[C@H]2OC(=O)[C@@]3(C)C2C(C[C@@]2(C)OC1=CC2=O)O[C@]3(O)[C@@](C)(O)CC(C)O. The molecule has 3 unspecified atom stereocenters. The van der Waals surface area contributed by atoms with Gasteiger partial charge in [-0.2, -0.15) is 0 Å². The summed E-state index contributed by atoms with van der Waals surface area (Å²) in [5, 5.41) is 32.6. The van der Waals surface area contributed by atoms with E-state index in [1.807, 2.05) is 0 Å². The topological polar surface area (TPSA) is 123 Å². The monoisotopic (exact) mass is 408 g/mol. The van der Waals surface area contributed by atoms with E-state index in [4.69, 9.17) is 14.2 Å². The molecule has 29 heavy (non-hydrogen) atoms. The van der Waals surface area contributed by atoms with Crippen LogP contribution in [0.3, 0.4) is 0 Å². The molecule has 0 aromatic heterocycles. The Labute approximate surface area is 169 Å². The minimum absolute atomic E-state index is 0.0768. The third-order valence-corrected chi connectivity index (χ3v) is 7.05. The summed E-state index contributed by atoms with van der Waals surface area (Å²) in [6.45, 7) is 7.73. The molecule has 0 radical (unpaired) electrons. The summed E-state index contributed by atoms with van der Waals surface area (Å²) >= 11 is 0. The number of rotatable bonds is 3. The van der Waals surface area contributed by atoms with Crippen molar-refractivity contribution in [3.63, 3.8) is 0 Å². The maximum absolute atomic E-state index is 13.0. The molecule has 2 bridgehead atoms. The van der Waals surface area contributed by atoms with Gasteiger partial charge >= 0.3 is 5.97 Å². The molecule has 0 spiro atoms. The normalized spacial score (nSPS) is 48.2. The number of carbonyl (C=O) groups excluding carboxylic acids is 2. The quantitative estimate of drug-likeness (QED) is 0.585. The van der Waals surface area contributed by atoms with Crippen LogP contribution in [0.15, 0.2) is 23.5 Å². The second-order valence-electron chi connectivity index (χ2n) is 9.48. The lowest BCUT2D eigenvalue weighted by atomic mass is 9.64. The molecule has 8 heteroatoms. The van der Waals surface area contributed by atoms with E-state index in [-0.39, 0.29) is 18.6 Å². The van der Waals surface area contributed by atoms with Crippen molar-refractivity contribution in [2.75, 3.05) is 0 Å². The lowest BCUT2D eigenvalue weighted by Gasteiger charge is -2.45. The summed E-state index contributed by atoms with van der Waals surface area (Å²) in [5.41, 5.74) is -4.12. The standard InChI is InChI=1S/C21H28O8/c1-10-6-13-16-14(9-18(3)15(23)7-12(10)28-18)29-21(26,19(4,25)8-11(2)22)20(16,5)17(24)27-13/h6-7,11,13-14,16,22,25-26H,8-9H2,1-5H3/b10-6-/t11?,13-,14?,16?,18-,19+,20-,21-/m1/s1. The van der Waals surface area contributed by atoms with E-state index < -0.39 is 52.6 Å². The van der Waals surface area contributed by atoms with Gasteiger partial charge in [-0.3, -0.25) is 9.59 Å². The Morgan fingerprint density at radius 3 is 2.62 bits per heavy atom. The molecule has 160 valence electrons. The number of aliphatic hydroxyl groups excluding tert-OH is 1. The van der Waals surface area contributed by atoms with Crippen molar-refractivity contribution >= 4 is 11.8 Å². The Morgan fingerprint density at radius 1 is 1.34 bits per heavy atom. The van der Waals surface area contributed by atoms with Gasteiger partial charge in [-0.25, -0.2) is 0 Å². The first kappa shape index (κ1) is 20.5. The molecule has 8 nitrogen and oxygen atoms in total. The molecular formula is C21H28O8. The summed E-state index contributed by atoms with van der Waals surface area (Å²) in [7, 11) is 0. The lowest BCUT2D eigenvalue weighted by molar-refractivity contribution is -0.323. The van der Waals surface area contributed by atoms with Crippen LogP contribution in [-0.2, 0) is 23.8 Å². The van der Waals surface area contributed by atoms with Gasteiger partial charge in [0.25, 0.3) is 0 Å². The third kappa shape index (κ3) is 2.52. The van der Waals surface area contributed by atoms with Gasteiger partial charge in [0.1, 0.15) is 22.9 Å². The maximum Gasteiger partial charge on any atom is 0.318 e. The van der Waals surface area contributed by atoms with E-state index in [0.717, 1.165) is 0 Å². The fourth-order valence-electron chi connectivity index (χ4n) is 5.50. The molecule has 4 aliphatic heterocycles. The number of fused-ring (bicyclic) bond motifs is 2. The van der Waals surface area contributed by atoms with Gasteiger partial charge < -0.3 is 29.5 Å². The molecule has 0 aromatic rings. The number of ether oxygens (including phenoxy) is 3. The van der Waals surface area contributed by atoms with Gasteiger partial charge in [0.2, 0.25) is 11.6 Å². The van der Waals surface area contributed by atoms with Crippen molar-refractivity contribution in [2.24, 2.45) is 11.3 Å². The average Bonchev–Trinajstić information content (AvgIpc) is 3.09. The lowest BCUT2D eigenvalue weighted by Crippen LogP contribution is -2.63. The zero-order chi connectivity index (χ0) is 21.6. The molecule has 4 rings (SSSR count). The van der Waals surface area contributed by atoms with Crippen LogP contribution in [0, 0.1) is 11.3 Å². The summed E-state index contributed by atoms with van der Waals surface area (Å²) in [5.74, 6) is -3.46. The van der Waals surface area contributed by atoms with E-state index >= 15 is 0 Å². The Balaban J connectivity index is 1.86. The third-order valence-electron chi connectivity index (χ3n) is 7.05. The molecular weight excluding hydrogens is 380 g/mol. The maximum atomic E-state index is 13.0. The first-order chi connectivity index (χ1) is 13.2. The van der Waals surface area contributed by atoms with Crippen LogP contribution >= 0.6 is 0 Å². The van der Waals surface area contributed by atoms with Crippen LogP contribution < -0.4 is 0 Å². The Kier molecular flexibility index (Phi) is 4.18. The van der Waals surface area contributed by atoms with Crippen molar-refractivity contribution in [2.45, 2.75) is 82.8 Å². The van der Waals surface area contributed by atoms with Crippen LogP contribution in [0.4, 0.5) is 0 Å². The minimum Gasteiger partial charge on any atom is -0.479 e. The van der Waals surface area contributed by atoms with Crippen LogP contribution in [-0.4, -0.2) is 62.4 Å². The number of ketones is 1. The van der Waals surface area contributed by atoms with E-state index in [1.165, 1.54) is 26.8 Å². The highest BCUT2D eigenvalue weighted by molar-refractivity contribution is 6.00. The molecule has 0 amide bonds. The van der Waals surface area contributed by atoms with Crippen molar-refractivity contribution in [3.05, 3.63) is 23.5 Å². The molecule has 2 fully saturated rings. The second kappa shape index (κ2) is 5.91. The summed E-state index contributed by atoms with van der Waals surface area (Å²) < 4.78 is 17.6. The Bertz CT molecular complexity index is 842. The van der Waals surface area contributed by atoms with E-state index in [1.54, 1.807) is 19.9 Å². The number of carbonyl (C=O) groups is 2. The van der Waals surface area contributed by atoms with Gasteiger partial charge in [-0.05, 0) is 46.3 Å². The minimum atomic E-state index is -2.33. The number of hydrogen-bond donors (Lipinski definition) is 3. The number of hydrogen-bond acceptors (Lipinski definition) is 8. The summed E-state index contributed by atoms with van der Waals surface area (Å²) in [6.07, 6.45) is 0.527. The van der Waals surface area contributed by atoms with Crippen molar-refractivity contribution in [1.29, 1.82) is 0 Å². The largest absolute Gasteiger partial charge is 0.479 e. The molecule has 4 heterocycles. The first-order valence-electron chi connectivity index (χ1n) is 9.91. The first-order valence-corrected chi connectivity index (χ1v) is 9.91. The number of allylic oxidation sites excluding steroid dienone is 1. The van der Waals surface area contributed by atoms with Crippen molar-refractivity contribution in [3.8, 4) is 0 Å². The molecule has 2 saturated heterocycles. The molecule has 4 aliphatic rings. The summed E-state index contributed by atoms with van der Waals surface area (Å²) in [6, 6.07) is 0. The van der Waals surface area contributed by atoms with Gasteiger partial charge in [-0.15, -0.1) is 0 Å². The van der Waals surface area contributed by atoms with Crippen LogP contribution in [0.5, 0.6) is 0 Å². The molecule has 0 saturated carbocycles. The Hall–Kier alpha value is -1.74. The van der Waals surface area contributed by atoms with Crippen LogP contribution in [0.25, 0.3) is 0 Å². The van der Waals surface area contributed by atoms with E-state index in [0.29, 0.717) is 11.3 Å². The zero-order valence-corrected chi connectivity index (χ0v) is 17.3. The average molecular weight is 408 g/mol. The fraction of sp³-hybridized carbons (Fsp3) is 0.714. The highest BCUT2D eigenvalue weighted by atomic mass is 16.7. The molecule has 8 atom stereocenters. The van der Waals surface area contributed by atoms with Crippen molar-refractivity contribution in [1.82, 2.24) is 0 Å². The smallest absolute Gasteiger partial charge is 0.318 e. The fourth-order valence-corrected chi connectivity index (χ4v) is 5.50.